The van der Waals surface area contributed by atoms with Crippen molar-refractivity contribution in [3.63, 3.8) is 0 Å². The molecule has 0 saturated heterocycles. The molecule has 1 amide bonds. The molecule has 0 aliphatic carbocycles. The molecule has 0 heterocycles. The summed E-state index contributed by atoms with van der Waals surface area (Å²) in [5.74, 6) is -0.722. The summed E-state index contributed by atoms with van der Waals surface area (Å²) in [6, 6.07) is 13.4. The lowest BCUT2D eigenvalue weighted by atomic mass is 10.2. The molecular formula is C16H17FN2O. The van der Waals surface area contributed by atoms with Gasteiger partial charge in [0.2, 0.25) is 5.91 Å². The van der Waals surface area contributed by atoms with Crippen molar-refractivity contribution in [2.24, 2.45) is 0 Å². The molecule has 2 aromatic carbocycles. The zero-order valence-corrected chi connectivity index (χ0v) is 11.5. The molecule has 1 atom stereocenters. The van der Waals surface area contributed by atoms with Gasteiger partial charge in [0.15, 0.2) is 0 Å². The maximum absolute atomic E-state index is 13.5. The van der Waals surface area contributed by atoms with E-state index in [0.717, 1.165) is 11.3 Å². The third-order valence-electron chi connectivity index (χ3n) is 2.93. The quantitative estimate of drug-likeness (QED) is 0.893. The summed E-state index contributed by atoms with van der Waals surface area (Å²) in [5, 5.41) is 5.66. The number of hydrogen-bond acceptors (Lipinski definition) is 2. The fourth-order valence-corrected chi connectivity index (χ4v) is 1.85. The lowest BCUT2D eigenvalue weighted by molar-refractivity contribution is -0.116. The Hall–Kier alpha value is -2.36. The van der Waals surface area contributed by atoms with Crippen LogP contribution in [0.25, 0.3) is 0 Å². The number of para-hydroxylation sites is 1. The maximum Gasteiger partial charge on any atom is 0.246 e. The van der Waals surface area contributed by atoms with Crippen LogP contribution in [0.15, 0.2) is 48.5 Å². The first kappa shape index (κ1) is 14.1. The molecule has 3 nitrogen and oxygen atoms in total. The number of halogens is 1. The molecule has 20 heavy (non-hydrogen) atoms. The van der Waals surface area contributed by atoms with Crippen LogP contribution in [0.1, 0.15) is 12.5 Å². The molecule has 0 bridgehead atoms. The Morgan fingerprint density at radius 1 is 1.15 bits per heavy atom. The highest BCUT2D eigenvalue weighted by molar-refractivity contribution is 5.96. The van der Waals surface area contributed by atoms with E-state index in [0.29, 0.717) is 0 Å². The summed E-state index contributed by atoms with van der Waals surface area (Å²) in [6.45, 7) is 3.72. The minimum Gasteiger partial charge on any atom is -0.374 e. The Bertz CT molecular complexity index is 613. The van der Waals surface area contributed by atoms with E-state index in [1.165, 1.54) is 12.1 Å². The molecule has 0 saturated carbocycles. The Balaban J connectivity index is 2.01. The highest BCUT2D eigenvalue weighted by Crippen LogP contribution is 2.14. The van der Waals surface area contributed by atoms with Crippen LogP contribution in [0.3, 0.4) is 0 Å². The van der Waals surface area contributed by atoms with Gasteiger partial charge in [0.1, 0.15) is 11.9 Å². The van der Waals surface area contributed by atoms with Crippen LogP contribution in [0, 0.1) is 12.7 Å². The summed E-state index contributed by atoms with van der Waals surface area (Å²) >= 11 is 0. The maximum atomic E-state index is 13.5. The van der Waals surface area contributed by atoms with E-state index in [9.17, 15) is 9.18 Å². The Morgan fingerprint density at radius 2 is 1.90 bits per heavy atom. The second kappa shape index (κ2) is 6.19. The van der Waals surface area contributed by atoms with E-state index in [-0.39, 0.29) is 11.6 Å². The fraction of sp³-hybridized carbons (Fsp3) is 0.188. The number of carbonyl (C=O) groups excluding carboxylic acids is 1. The van der Waals surface area contributed by atoms with E-state index >= 15 is 0 Å². The van der Waals surface area contributed by atoms with Crippen molar-refractivity contribution < 1.29 is 9.18 Å². The van der Waals surface area contributed by atoms with Gasteiger partial charge in [-0.1, -0.05) is 24.3 Å². The molecule has 104 valence electrons. The molecule has 2 aromatic rings. The van der Waals surface area contributed by atoms with Gasteiger partial charge in [-0.15, -0.1) is 0 Å². The van der Waals surface area contributed by atoms with Crippen molar-refractivity contribution in [3.8, 4) is 0 Å². The van der Waals surface area contributed by atoms with Crippen LogP contribution in [0.2, 0.25) is 0 Å². The van der Waals surface area contributed by atoms with Crippen molar-refractivity contribution in [3.05, 3.63) is 59.9 Å². The number of carbonyl (C=O) groups is 1. The smallest absolute Gasteiger partial charge is 0.246 e. The Labute approximate surface area is 117 Å². The first-order valence-corrected chi connectivity index (χ1v) is 6.45. The van der Waals surface area contributed by atoms with Crippen LogP contribution in [-0.2, 0) is 4.79 Å². The fourth-order valence-electron chi connectivity index (χ4n) is 1.85. The summed E-state index contributed by atoms with van der Waals surface area (Å²) in [5.41, 5.74) is 2.16. The summed E-state index contributed by atoms with van der Waals surface area (Å²) < 4.78 is 13.5. The van der Waals surface area contributed by atoms with Crippen molar-refractivity contribution in [1.82, 2.24) is 0 Å². The van der Waals surface area contributed by atoms with Crippen LogP contribution >= 0.6 is 0 Å². The highest BCUT2D eigenvalue weighted by Gasteiger charge is 2.14. The predicted octanol–water partition coefficient (Wildman–Crippen LogP) is 3.57. The average molecular weight is 272 g/mol. The van der Waals surface area contributed by atoms with E-state index in [2.05, 4.69) is 10.6 Å². The number of aryl methyl sites for hydroxylation is 1. The van der Waals surface area contributed by atoms with Gasteiger partial charge in [0.05, 0.1) is 5.69 Å². The van der Waals surface area contributed by atoms with Gasteiger partial charge in [-0.3, -0.25) is 4.79 Å². The third-order valence-corrected chi connectivity index (χ3v) is 2.93. The molecule has 0 spiro atoms. The second-order valence-corrected chi connectivity index (χ2v) is 4.70. The first-order valence-electron chi connectivity index (χ1n) is 6.45. The van der Waals surface area contributed by atoms with Gasteiger partial charge >= 0.3 is 0 Å². The number of hydrogen-bond donors (Lipinski definition) is 2. The zero-order valence-electron chi connectivity index (χ0n) is 11.5. The lowest BCUT2D eigenvalue weighted by Crippen LogP contribution is -2.32. The molecule has 4 heteroatoms. The molecule has 0 aliphatic rings. The van der Waals surface area contributed by atoms with Crippen molar-refractivity contribution in [2.45, 2.75) is 19.9 Å². The molecule has 0 aromatic heterocycles. The van der Waals surface area contributed by atoms with E-state index in [4.69, 9.17) is 0 Å². The standard InChI is InChI=1S/C16H17FN2O/c1-11-6-5-7-13(10-11)18-12(2)16(20)19-15-9-4-3-8-14(15)17/h3-10,12,18H,1-2H3,(H,19,20)/t12-/m0/s1. The van der Waals surface area contributed by atoms with Crippen molar-refractivity contribution in [1.29, 1.82) is 0 Å². The van der Waals surface area contributed by atoms with Crippen molar-refractivity contribution >= 4 is 17.3 Å². The van der Waals surface area contributed by atoms with Crippen LogP contribution < -0.4 is 10.6 Å². The molecule has 0 fully saturated rings. The molecule has 0 radical (unpaired) electrons. The summed E-state index contributed by atoms with van der Waals surface area (Å²) in [4.78, 5) is 12.0. The van der Waals surface area contributed by atoms with Gasteiger partial charge in [-0.2, -0.15) is 0 Å². The van der Waals surface area contributed by atoms with Crippen molar-refractivity contribution in [2.75, 3.05) is 10.6 Å². The SMILES string of the molecule is Cc1cccc(N[C@@H](C)C(=O)Nc2ccccc2F)c1. The zero-order chi connectivity index (χ0) is 14.5. The van der Waals surface area contributed by atoms with E-state index in [1.54, 1.807) is 19.1 Å². The van der Waals surface area contributed by atoms with Crippen LogP contribution in [-0.4, -0.2) is 11.9 Å². The molecule has 0 aliphatic heterocycles. The minimum absolute atomic E-state index is 0.190. The van der Waals surface area contributed by atoms with E-state index < -0.39 is 11.9 Å². The molecular weight excluding hydrogens is 255 g/mol. The first-order chi connectivity index (χ1) is 9.56. The highest BCUT2D eigenvalue weighted by atomic mass is 19.1. The monoisotopic (exact) mass is 272 g/mol. The van der Waals surface area contributed by atoms with Gasteiger partial charge in [0, 0.05) is 5.69 Å². The van der Waals surface area contributed by atoms with Crippen LogP contribution in [0.5, 0.6) is 0 Å². The molecule has 2 N–H and O–H groups in total. The molecule has 2 rings (SSSR count). The predicted molar refractivity (Wildman–Crippen MR) is 79.3 cm³/mol. The lowest BCUT2D eigenvalue weighted by Gasteiger charge is -2.16. The number of nitrogens with one attached hydrogen (secondary N) is 2. The Morgan fingerprint density at radius 3 is 2.60 bits per heavy atom. The number of anilines is 2. The topological polar surface area (TPSA) is 41.1 Å². The van der Waals surface area contributed by atoms with Crippen LogP contribution in [0.4, 0.5) is 15.8 Å². The minimum atomic E-state index is -0.462. The average Bonchev–Trinajstić information content (AvgIpc) is 2.41. The molecule has 0 unspecified atom stereocenters. The summed E-state index contributed by atoms with van der Waals surface area (Å²) in [7, 11) is 0. The van der Waals surface area contributed by atoms with Gasteiger partial charge < -0.3 is 10.6 Å². The summed E-state index contributed by atoms with van der Waals surface area (Å²) in [6.07, 6.45) is 0. The van der Waals surface area contributed by atoms with Gasteiger partial charge in [-0.25, -0.2) is 4.39 Å². The third kappa shape index (κ3) is 3.57. The van der Waals surface area contributed by atoms with E-state index in [1.807, 2.05) is 31.2 Å². The Kier molecular flexibility index (Phi) is 4.35. The number of amides is 1. The van der Waals surface area contributed by atoms with Gasteiger partial charge in [-0.05, 0) is 43.7 Å². The largest absolute Gasteiger partial charge is 0.374 e. The second-order valence-electron chi connectivity index (χ2n) is 4.70. The van der Waals surface area contributed by atoms with Gasteiger partial charge in [0.25, 0.3) is 0 Å². The number of benzene rings is 2. The normalized spacial score (nSPS) is 11.8. The number of rotatable bonds is 4.